The van der Waals surface area contributed by atoms with Gasteiger partial charge in [-0.2, -0.15) is 0 Å². The number of rotatable bonds is 8. The number of carbonyl (C=O) groups is 2. The van der Waals surface area contributed by atoms with E-state index < -0.39 is 23.4 Å². The molecule has 2 amide bonds. The number of carbonyl (C=O) groups excluding carboxylic acids is 2. The molecule has 144 valence electrons. The average molecular weight is 376 g/mol. The van der Waals surface area contributed by atoms with E-state index in [0.717, 1.165) is 23.3 Å². The highest BCUT2D eigenvalue weighted by atomic mass is 19.1. The first kappa shape index (κ1) is 20.5. The third-order valence-corrected chi connectivity index (χ3v) is 3.70. The van der Waals surface area contributed by atoms with Crippen molar-refractivity contribution in [2.45, 2.75) is 33.1 Å². The van der Waals surface area contributed by atoms with Crippen LogP contribution in [0.4, 0.5) is 8.78 Å². The molecule has 0 fully saturated rings. The Kier molecular flexibility index (Phi) is 7.43. The van der Waals surface area contributed by atoms with Crippen molar-refractivity contribution < 1.29 is 23.1 Å². The van der Waals surface area contributed by atoms with Gasteiger partial charge in [-0.25, -0.2) is 8.78 Å². The summed E-state index contributed by atoms with van der Waals surface area (Å²) >= 11 is 0. The lowest BCUT2D eigenvalue weighted by atomic mass is 10.1. The van der Waals surface area contributed by atoms with Crippen molar-refractivity contribution in [1.82, 2.24) is 10.6 Å². The van der Waals surface area contributed by atoms with E-state index in [0.29, 0.717) is 12.7 Å². The molecule has 0 saturated carbocycles. The molecule has 0 aliphatic carbocycles. The number of hydrogen-bond donors (Lipinski definition) is 2. The molecule has 0 bridgehead atoms. The van der Waals surface area contributed by atoms with Crippen LogP contribution in [0.15, 0.2) is 42.5 Å². The first-order valence-electron chi connectivity index (χ1n) is 8.54. The second kappa shape index (κ2) is 9.78. The Morgan fingerprint density at radius 1 is 1.00 bits per heavy atom. The maximum absolute atomic E-state index is 13.1. The van der Waals surface area contributed by atoms with Gasteiger partial charge in [0, 0.05) is 18.2 Å². The zero-order valence-electron chi connectivity index (χ0n) is 15.2. The largest absolute Gasteiger partial charge is 0.374 e. The van der Waals surface area contributed by atoms with Crippen molar-refractivity contribution >= 4 is 11.8 Å². The first-order valence-corrected chi connectivity index (χ1v) is 8.54. The monoisotopic (exact) mass is 376 g/mol. The lowest BCUT2D eigenvalue weighted by molar-refractivity contribution is -0.120. The maximum Gasteiger partial charge on any atom is 0.251 e. The Bertz CT molecular complexity index is 789. The van der Waals surface area contributed by atoms with E-state index in [4.69, 9.17) is 4.74 Å². The topological polar surface area (TPSA) is 67.4 Å². The molecular formula is C20H22F2N2O3. The quantitative estimate of drug-likeness (QED) is 0.744. The summed E-state index contributed by atoms with van der Waals surface area (Å²) in [5, 5.41) is 5.03. The fraction of sp³-hybridized carbons (Fsp3) is 0.300. The predicted molar refractivity (Wildman–Crippen MR) is 96.9 cm³/mol. The number of benzene rings is 2. The molecule has 5 nitrogen and oxygen atoms in total. The van der Waals surface area contributed by atoms with Crippen molar-refractivity contribution in [1.29, 1.82) is 0 Å². The lowest BCUT2D eigenvalue weighted by Crippen LogP contribution is -2.36. The summed E-state index contributed by atoms with van der Waals surface area (Å²) in [5.41, 5.74) is 1.69. The second-order valence-corrected chi connectivity index (χ2v) is 6.25. The fourth-order valence-electron chi connectivity index (χ4n) is 2.33. The predicted octanol–water partition coefficient (Wildman–Crippen LogP) is 2.94. The number of nitrogens with one attached hydrogen (secondary N) is 2. The van der Waals surface area contributed by atoms with Crippen LogP contribution < -0.4 is 10.6 Å². The van der Waals surface area contributed by atoms with Gasteiger partial charge < -0.3 is 15.4 Å². The van der Waals surface area contributed by atoms with E-state index in [2.05, 4.69) is 10.6 Å². The van der Waals surface area contributed by atoms with Crippen LogP contribution in [0.5, 0.6) is 0 Å². The van der Waals surface area contributed by atoms with Crippen LogP contribution in [0.2, 0.25) is 0 Å². The van der Waals surface area contributed by atoms with Crippen LogP contribution >= 0.6 is 0 Å². The van der Waals surface area contributed by atoms with E-state index in [-0.39, 0.29) is 24.8 Å². The normalized spacial score (nSPS) is 10.7. The molecule has 0 unspecified atom stereocenters. The van der Waals surface area contributed by atoms with E-state index in [1.54, 1.807) is 0 Å². The molecule has 0 aliphatic heterocycles. The van der Waals surface area contributed by atoms with Crippen LogP contribution in [0.25, 0.3) is 0 Å². The summed E-state index contributed by atoms with van der Waals surface area (Å²) in [6.45, 7) is 4.29. The fourth-order valence-corrected chi connectivity index (χ4v) is 2.33. The van der Waals surface area contributed by atoms with E-state index in [1.165, 1.54) is 0 Å². The third kappa shape index (κ3) is 6.79. The van der Waals surface area contributed by atoms with Crippen LogP contribution in [0.1, 0.15) is 35.3 Å². The Morgan fingerprint density at radius 3 is 2.26 bits per heavy atom. The molecule has 0 aliphatic rings. The molecule has 2 aromatic rings. The van der Waals surface area contributed by atoms with E-state index >= 15 is 0 Å². The molecule has 0 spiro atoms. The lowest BCUT2D eigenvalue weighted by Gasteiger charge is -2.13. The summed E-state index contributed by atoms with van der Waals surface area (Å²) in [5.74, 6) is -2.86. The molecule has 7 heteroatoms. The van der Waals surface area contributed by atoms with Gasteiger partial charge in [0.25, 0.3) is 5.91 Å². The van der Waals surface area contributed by atoms with Gasteiger partial charge in [-0.3, -0.25) is 9.59 Å². The van der Waals surface area contributed by atoms with Crippen molar-refractivity contribution in [3.63, 3.8) is 0 Å². The Labute approximate surface area is 156 Å². The van der Waals surface area contributed by atoms with Crippen LogP contribution in [0, 0.1) is 11.6 Å². The van der Waals surface area contributed by atoms with Gasteiger partial charge in [0.15, 0.2) is 0 Å². The number of halogens is 2. The minimum atomic E-state index is -0.857. The summed E-state index contributed by atoms with van der Waals surface area (Å²) < 4.78 is 31.9. The van der Waals surface area contributed by atoms with Crippen molar-refractivity contribution in [3.05, 3.63) is 70.8 Å². The average Bonchev–Trinajstić information content (AvgIpc) is 2.62. The molecule has 2 N–H and O–H groups in total. The Balaban J connectivity index is 1.85. The van der Waals surface area contributed by atoms with Crippen LogP contribution in [-0.4, -0.2) is 24.5 Å². The molecule has 0 atom stereocenters. The van der Waals surface area contributed by atoms with E-state index in [9.17, 15) is 18.4 Å². The highest BCUT2D eigenvalue weighted by Crippen LogP contribution is 2.11. The third-order valence-electron chi connectivity index (χ3n) is 3.70. The number of ether oxygens (including phenoxy) is 1. The van der Waals surface area contributed by atoms with Gasteiger partial charge in [0.1, 0.15) is 11.6 Å². The van der Waals surface area contributed by atoms with Gasteiger partial charge in [-0.05, 0) is 37.1 Å². The Morgan fingerprint density at radius 2 is 1.63 bits per heavy atom. The highest BCUT2D eigenvalue weighted by molar-refractivity contribution is 5.96. The molecule has 2 aromatic carbocycles. The molecular weight excluding hydrogens is 354 g/mol. The van der Waals surface area contributed by atoms with Gasteiger partial charge >= 0.3 is 0 Å². The molecule has 0 heterocycles. The van der Waals surface area contributed by atoms with Gasteiger partial charge in [-0.1, -0.05) is 24.3 Å². The second-order valence-electron chi connectivity index (χ2n) is 6.25. The number of amides is 2. The molecule has 0 aromatic heterocycles. The minimum Gasteiger partial charge on any atom is -0.374 e. The minimum absolute atomic E-state index is 0.0931. The van der Waals surface area contributed by atoms with Gasteiger partial charge in [0.05, 0.1) is 19.3 Å². The van der Waals surface area contributed by atoms with Gasteiger partial charge in [-0.15, -0.1) is 0 Å². The van der Waals surface area contributed by atoms with Crippen molar-refractivity contribution in [3.8, 4) is 0 Å². The first-order chi connectivity index (χ1) is 12.8. The molecule has 27 heavy (non-hydrogen) atoms. The molecule has 2 rings (SSSR count). The summed E-state index contributed by atoms with van der Waals surface area (Å²) in [6.07, 6.45) is 0.0931. The molecule has 0 radical (unpaired) electrons. The standard InChI is InChI=1S/C20H22F2N2O3/c1-13(2)27-12-15-6-4-3-5-14(15)10-23-19(25)11-24-20(26)16-7-17(21)9-18(22)8-16/h3-9,13H,10-12H2,1-2H3,(H,23,25)(H,24,26). The SMILES string of the molecule is CC(C)OCc1ccccc1CNC(=O)CNC(=O)c1cc(F)cc(F)c1. The van der Waals surface area contributed by atoms with Crippen LogP contribution in [0.3, 0.4) is 0 Å². The smallest absolute Gasteiger partial charge is 0.251 e. The number of hydrogen-bond acceptors (Lipinski definition) is 3. The van der Waals surface area contributed by atoms with Crippen molar-refractivity contribution in [2.75, 3.05) is 6.54 Å². The Hall–Kier alpha value is -2.80. The summed E-state index contributed by atoms with van der Waals surface area (Å²) in [7, 11) is 0. The molecule has 0 saturated heterocycles. The zero-order chi connectivity index (χ0) is 19.8. The maximum atomic E-state index is 13.1. The van der Waals surface area contributed by atoms with Crippen molar-refractivity contribution in [2.24, 2.45) is 0 Å². The highest BCUT2D eigenvalue weighted by Gasteiger charge is 2.11. The van der Waals surface area contributed by atoms with E-state index in [1.807, 2.05) is 38.1 Å². The van der Waals surface area contributed by atoms with Crippen LogP contribution in [-0.2, 0) is 22.7 Å². The van der Waals surface area contributed by atoms with Gasteiger partial charge in [0.2, 0.25) is 5.91 Å². The summed E-state index contributed by atoms with van der Waals surface area (Å²) in [6, 6.07) is 10.0. The summed E-state index contributed by atoms with van der Waals surface area (Å²) in [4.78, 5) is 23.8. The zero-order valence-corrected chi connectivity index (χ0v) is 15.2.